The molecular formula is C17H19N5O4. The zero-order valence-electron chi connectivity index (χ0n) is 14.1. The largest absolute Gasteiger partial charge is 0.476 e. The number of piperidine rings is 1. The normalized spacial score (nSPS) is 14.1. The first kappa shape index (κ1) is 17.6. The maximum Gasteiger partial charge on any atom is 0.358 e. The Balaban J connectivity index is 1.69. The summed E-state index contributed by atoms with van der Waals surface area (Å²) in [5, 5.41) is 18.6. The van der Waals surface area contributed by atoms with Gasteiger partial charge >= 0.3 is 5.97 Å². The zero-order valence-corrected chi connectivity index (χ0v) is 14.1. The summed E-state index contributed by atoms with van der Waals surface area (Å²) in [5.41, 5.74) is 0.623. The zero-order chi connectivity index (χ0) is 18.5. The molecule has 1 aromatic carbocycles. The number of carbonyl (C=O) groups excluding carboxylic acids is 2. The highest BCUT2D eigenvalue weighted by atomic mass is 16.4. The van der Waals surface area contributed by atoms with E-state index in [1.165, 1.54) is 6.20 Å². The second-order valence-corrected chi connectivity index (χ2v) is 6.05. The van der Waals surface area contributed by atoms with E-state index in [1.54, 1.807) is 29.2 Å². The Morgan fingerprint density at radius 1 is 1.12 bits per heavy atom. The molecule has 0 bridgehead atoms. The standard InChI is InChI=1S/C17H19N5O4/c23-15(11-22-10-14(17(25)26)19-20-22)18-13-7-3-2-6-12(13)16(24)21-8-4-1-5-9-21/h2-3,6-7,10H,1,4-5,8-9,11H2,(H,18,23)(H,25,26). The van der Waals surface area contributed by atoms with Gasteiger partial charge in [-0.05, 0) is 31.4 Å². The molecule has 3 rings (SSSR count). The maximum absolute atomic E-state index is 12.7. The number of hydrogen-bond acceptors (Lipinski definition) is 5. The monoisotopic (exact) mass is 357 g/mol. The predicted octanol–water partition coefficient (Wildman–Crippen LogP) is 1.24. The fourth-order valence-electron chi connectivity index (χ4n) is 2.86. The molecule has 0 atom stereocenters. The topological polar surface area (TPSA) is 117 Å². The van der Waals surface area contributed by atoms with Crippen LogP contribution >= 0.6 is 0 Å². The van der Waals surface area contributed by atoms with Crippen LogP contribution in [0.3, 0.4) is 0 Å². The van der Waals surface area contributed by atoms with Crippen molar-refractivity contribution in [2.75, 3.05) is 18.4 Å². The molecule has 0 unspecified atom stereocenters. The fourth-order valence-corrected chi connectivity index (χ4v) is 2.86. The van der Waals surface area contributed by atoms with Crippen LogP contribution in [0, 0.1) is 0 Å². The van der Waals surface area contributed by atoms with Crippen LogP contribution in [0.15, 0.2) is 30.5 Å². The van der Waals surface area contributed by atoms with E-state index in [9.17, 15) is 14.4 Å². The van der Waals surface area contributed by atoms with Gasteiger partial charge in [-0.2, -0.15) is 0 Å². The minimum absolute atomic E-state index is 0.102. The predicted molar refractivity (Wildman–Crippen MR) is 91.8 cm³/mol. The van der Waals surface area contributed by atoms with Crippen molar-refractivity contribution in [3.8, 4) is 0 Å². The number of carbonyl (C=O) groups is 3. The van der Waals surface area contributed by atoms with Crippen molar-refractivity contribution >= 4 is 23.5 Å². The van der Waals surface area contributed by atoms with E-state index in [0.717, 1.165) is 37.0 Å². The molecule has 0 saturated carbocycles. The molecule has 136 valence electrons. The summed E-state index contributed by atoms with van der Waals surface area (Å²) in [4.78, 5) is 37.6. The number of nitrogens with one attached hydrogen (secondary N) is 1. The molecule has 2 heterocycles. The first-order valence-corrected chi connectivity index (χ1v) is 8.36. The van der Waals surface area contributed by atoms with Gasteiger partial charge in [0.1, 0.15) is 6.54 Å². The molecule has 1 fully saturated rings. The molecule has 9 nitrogen and oxygen atoms in total. The third-order valence-electron chi connectivity index (χ3n) is 4.14. The highest BCUT2D eigenvalue weighted by Gasteiger charge is 2.21. The lowest BCUT2D eigenvalue weighted by molar-refractivity contribution is -0.116. The van der Waals surface area contributed by atoms with Gasteiger partial charge in [0.15, 0.2) is 5.69 Å². The lowest BCUT2D eigenvalue weighted by atomic mass is 10.1. The molecule has 0 spiro atoms. The van der Waals surface area contributed by atoms with Crippen LogP contribution < -0.4 is 5.32 Å². The second-order valence-electron chi connectivity index (χ2n) is 6.05. The van der Waals surface area contributed by atoms with Crippen LogP contribution in [0.25, 0.3) is 0 Å². The number of para-hydroxylation sites is 1. The summed E-state index contributed by atoms with van der Waals surface area (Å²) in [6.45, 7) is 1.24. The van der Waals surface area contributed by atoms with Crippen LogP contribution in [0.5, 0.6) is 0 Å². The highest BCUT2D eigenvalue weighted by molar-refractivity contribution is 6.03. The summed E-state index contributed by atoms with van der Waals surface area (Å²) in [6.07, 6.45) is 4.27. The van der Waals surface area contributed by atoms with Crippen LogP contribution in [-0.2, 0) is 11.3 Å². The first-order chi connectivity index (χ1) is 12.5. The Hall–Kier alpha value is -3.23. The molecule has 0 aliphatic carbocycles. The SMILES string of the molecule is O=C(Cn1cc(C(=O)O)nn1)Nc1ccccc1C(=O)N1CCCCC1. The minimum atomic E-state index is -1.21. The molecule has 1 aliphatic rings. The molecule has 9 heteroatoms. The van der Waals surface area contributed by atoms with Gasteiger partial charge in [0.2, 0.25) is 5.91 Å². The Morgan fingerprint density at radius 3 is 2.54 bits per heavy atom. The van der Waals surface area contributed by atoms with Gasteiger partial charge in [0.25, 0.3) is 5.91 Å². The third-order valence-corrected chi connectivity index (χ3v) is 4.14. The average molecular weight is 357 g/mol. The number of aromatic carboxylic acids is 1. The van der Waals surface area contributed by atoms with Crippen molar-refractivity contribution in [3.63, 3.8) is 0 Å². The van der Waals surface area contributed by atoms with Crippen molar-refractivity contribution in [2.45, 2.75) is 25.8 Å². The lowest BCUT2D eigenvalue weighted by Gasteiger charge is -2.27. The van der Waals surface area contributed by atoms with Crippen molar-refractivity contribution in [1.82, 2.24) is 19.9 Å². The summed E-state index contributed by atoms with van der Waals surface area (Å²) in [6, 6.07) is 6.84. The number of hydrogen-bond donors (Lipinski definition) is 2. The molecule has 2 aromatic rings. The molecule has 26 heavy (non-hydrogen) atoms. The summed E-state index contributed by atoms with van der Waals surface area (Å²) < 4.78 is 1.13. The van der Waals surface area contributed by atoms with Crippen molar-refractivity contribution in [3.05, 3.63) is 41.7 Å². The average Bonchev–Trinajstić information content (AvgIpc) is 3.11. The van der Waals surface area contributed by atoms with Gasteiger partial charge in [-0.1, -0.05) is 17.3 Å². The third kappa shape index (κ3) is 4.05. The van der Waals surface area contributed by atoms with Gasteiger partial charge in [0, 0.05) is 13.1 Å². The molecule has 2 N–H and O–H groups in total. The highest BCUT2D eigenvalue weighted by Crippen LogP contribution is 2.20. The number of amides is 2. The van der Waals surface area contributed by atoms with Gasteiger partial charge in [0.05, 0.1) is 17.4 Å². The first-order valence-electron chi connectivity index (χ1n) is 8.36. The number of rotatable bonds is 5. The number of aromatic nitrogens is 3. The van der Waals surface area contributed by atoms with E-state index in [2.05, 4.69) is 15.6 Å². The number of carboxylic acids is 1. The smallest absolute Gasteiger partial charge is 0.358 e. The van der Waals surface area contributed by atoms with Crippen LogP contribution in [0.4, 0.5) is 5.69 Å². The van der Waals surface area contributed by atoms with Crippen molar-refractivity contribution < 1.29 is 19.5 Å². The Labute approximate surface area is 149 Å². The Bertz CT molecular complexity index is 826. The fraction of sp³-hybridized carbons (Fsp3) is 0.353. The quantitative estimate of drug-likeness (QED) is 0.831. The number of anilines is 1. The summed E-state index contributed by atoms with van der Waals surface area (Å²) >= 11 is 0. The second kappa shape index (κ2) is 7.77. The molecule has 2 amide bonds. The van der Waals surface area contributed by atoms with Gasteiger partial charge in [-0.3, -0.25) is 9.59 Å². The van der Waals surface area contributed by atoms with Crippen LogP contribution in [0.1, 0.15) is 40.1 Å². The number of carboxylic acid groups (broad SMARTS) is 1. The van der Waals surface area contributed by atoms with E-state index in [-0.39, 0.29) is 18.1 Å². The molecule has 0 radical (unpaired) electrons. The van der Waals surface area contributed by atoms with E-state index in [0.29, 0.717) is 11.3 Å². The number of benzene rings is 1. The molecular weight excluding hydrogens is 338 g/mol. The van der Waals surface area contributed by atoms with Gasteiger partial charge < -0.3 is 15.3 Å². The van der Waals surface area contributed by atoms with E-state index >= 15 is 0 Å². The molecule has 1 saturated heterocycles. The number of nitrogens with zero attached hydrogens (tertiary/aromatic N) is 4. The van der Waals surface area contributed by atoms with Crippen molar-refractivity contribution in [2.24, 2.45) is 0 Å². The van der Waals surface area contributed by atoms with Crippen LogP contribution in [-0.4, -0.2) is 55.9 Å². The number of likely N-dealkylation sites (tertiary alicyclic amines) is 1. The maximum atomic E-state index is 12.7. The van der Waals surface area contributed by atoms with E-state index in [1.807, 2.05) is 0 Å². The minimum Gasteiger partial charge on any atom is -0.476 e. The molecule has 1 aromatic heterocycles. The lowest BCUT2D eigenvalue weighted by Crippen LogP contribution is -2.36. The Morgan fingerprint density at radius 2 is 1.85 bits per heavy atom. The van der Waals surface area contributed by atoms with E-state index in [4.69, 9.17) is 5.11 Å². The van der Waals surface area contributed by atoms with Crippen LogP contribution in [0.2, 0.25) is 0 Å². The molecule has 1 aliphatic heterocycles. The van der Waals surface area contributed by atoms with Crippen molar-refractivity contribution in [1.29, 1.82) is 0 Å². The Kier molecular flexibility index (Phi) is 5.26. The summed E-state index contributed by atoms with van der Waals surface area (Å²) in [7, 11) is 0. The summed E-state index contributed by atoms with van der Waals surface area (Å²) in [5.74, 6) is -1.74. The van der Waals surface area contributed by atoms with Gasteiger partial charge in [-0.25, -0.2) is 9.48 Å². The van der Waals surface area contributed by atoms with E-state index < -0.39 is 11.9 Å². The van der Waals surface area contributed by atoms with Gasteiger partial charge in [-0.15, -0.1) is 5.10 Å².